The van der Waals surface area contributed by atoms with Crippen LogP contribution in [0.25, 0.3) is 0 Å². The lowest BCUT2D eigenvalue weighted by atomic mass is 10.2. The summed E-state index contributed by atoms with van der Waals surface area (Å²) in [5.41, 5.74) is 1.00. The molecule has 0 unspecified atom stereocenters. The number of pyridine rings is 1. The maximum Gasteiger partial charge on any atom is 0.390 e. The lowest BCUT2D eigenvalue weighted by molar-refractivity contribution is -0.132. The lowest BCUT2D eigenvalue weighted by Gasteiger charge is -2.33. The van der Waals surface area contributed by atoms with E-state index in [1.807, 2.05) is 12.1 Å². The second kappa shape index (κ2) is 10.8. The normalized spacial score (nSPS) is 16.2. The summed E-state index contributed by atoms with van der Waals surface area (Å²) >= 11 is 0. The molecule has 2 N–H and O–H groups in total. The first-order valence-corrected chi connectivity index (χ1v) is 8.27. The van der Waals surface area contributed by atoms with Gasteiger partial charge in [-0.05, 0) is 24.7 Å². The Morgan fingerprint density at radius 1 is 1.23 bits per heavy atom. The van der Waals surface area contributed by atoms with Gasteiger partial charge in [-0.15, -0.1) is 24.0 Å². The third kappa shape index (κ3) is 7.94. The van der Waals surface area contributed by atoms with Gasteiger partial charge in [-0.3, -0.25) is 4.99 Å². The quantitative estimate of drug-likeness (QED) is 0.380. The van der Waals surface area contributed by atoms with E-state index in [1.54, 1.807) is 6.20 Å². The van der Waals surface area contributed by atoms with Crippen LogP contribution in [0.15, 0.2) is 23.3 Å². The minimum absolute atomic E-state index is 0. The van der Waals surface area contributed by atoms with E-state index in [-0.39, 0.29) is 30.5 Å². The average Bonchev–Trinajstić information content (AvgIpc) is 2.58. The fraction of sp³-hybridized carbons (Fsp3) is 0.625. The zero-order chi connectivity index (χ0) is 18.3. The predicted molar refractivity (Wildman–Crippen MR) is 108 cm³/mol. The van der Waals surface area contributed by atoms with Crippen LogP contribution in [0.3, 0.4) is 0 Å². The van der Waals surface area contributed by atoms with Crippen LogP contribution >= 0.6 is 24.0 Å². The molecule has 2 heterocycles. The van der Waals surface area contributed by atoms with E-state index in [0.29, 0.717) is 12.5 Å². The number of nitrogens with zero attached hydrogens (tertiary/aromatic N) is 4. The summed E-state index contributed by atoms with van der Waals surface area (Å²) in [6.45, 7) is 4.13. The Bertz CT molecular complexity index is 573. The van der Waals surface area contributed by atoms with Gasteiger partial charge >= 0.3 is 6.18 Å². The number of nitrogens with one attached hydrogen (secondary N) is 2. The van der Waals surface area contributed by atoms with Crippen molar-refractivity contribution in [3.05, 3.63) is 23.9 Å². The molecule has 0 atom stereocenters. The van der Waals surface area contributed by atoms with E-state index < -0.39 is 12.6 Å². The van der Waals surface area contributed by atoms with Gasteiger partial charge in [0.2, 0.25) is 0 Å². The van der Waals surface area contributed by atoms with E-state index >= 15 is 0 Å². The Labute approximate surface area is 169 Å². The fourth-order valence-electron chi connectivity index (χ4n) is 2.51. The molecule has 10 heteroatoms. The van der Waals surface area contributed by atoms with Gasteiger partial charge in [0.05, 0.1) is 6.42 Å². The Morgan fingerprint density at radius 3 is 2.54 bits per heavy atom. The second-order valence-electron chi connectivity index (χ2n) is 6.03. The molecule has 0 spiro atoms. The summed E-state index contributed by atoms with van der Waals surface area (Å²) in [7, 11) is 3.63. The molecule has 148 valence electrons. The molecule has 1 aromatic heterocycles. The summed E-state index contributed by atoms with van der Waals surface area (Å²) < 4.78 is 36.6. The highest BCUT2D eigenvalue weighted by Crippen LogP contribution is 2.18. The summed E-state index contributed by atoms with van der Waals surface area (Å²) in [6.07, 6.45) is -3.31. The Hall–Kier alpha value is -1.30. The molecule has 0 radical (unpaired) electrons. The number of piperazine rings is 1. The van der Waals surface area contributed by atoms with Gasteiger partial charge < -0.3 is 20.4 Å². The Kier molecular flexibility index (Phi) is 9.41. The maximum absolute atomic E-state index is 12.2. The molecule has 1 aromatic rings. The minimum Gasteiger partial charge on any atom is -0.356 e. The third-order valence-electron chi connectivity index (χ3n) is 4.02. The molecular weight excluding hydrogens is 460 g/mol. The zero-order valence-corrected chi connectivity index (χ0v) is 17.3. The number of rotatable bonds is 5. The van der Waals surface area contributed by atoms with Crippen LogP contribution in [0, 0.1) is 0 Å². The number of halogens is 4. The Balaban J connectivity index is 0.00000338. The number of guanidine groups is 1. The number of aliphatic imine (C=N–C) groups is 1. The van der Waals surface area contributed by atoms with Crippen molar-refractivity contribution in [2.24, 2.45) is 4.99 Å². The summed E-state index contributed by atoms with van der Waals surface area (Å²) in [5, 5.41) is 5.69. The Morgan fingerprint density at radius 2 is 1.92 bits per heavy atom. The zero-order valence-electron chi connectivity index (χ0n) is 15.0. The van der Waals surface area contributed by atoms with E-state index in [2.05, 4.69) is 37.5 Å². The number of anilines is 1. The van der Waals surface area contributed by atoms with E-state index in [9.17, 15) is 13.2 Å². The van der Waals surface area contributed by atoms with E-state index in [4.69, 9.17) is 0 Å². The topological polar surface area (TPSA) is 55.8 Å². The molecule has 0 amide bonds. The summed E-state index contributed by atoms with van der Waals surface area (Å²) in [6, 6.07) is 3.89. The van der Waals surface area contributed by atoms with Crippen LogP contribution < -0.4 is 15.5 Å². The van der Waals surface area contributed by atoms with Gasteiger partial charge in [-0.2, -0.15) is 13.2 Å². The van der Waals surface area contributed by atoms with Crippen molar-refractivity contribution in [2.45, 2.75) is 19.1 Å². The maximum atomic E-state index is 12.2. The molecule has 2 rings (SSSR count). The van der Waals surface area contributed by atoms with Gasteiger partial charge in [-0.25, -0.2) is 4.98 Å². The highest BCUT2D eigenvalue weighted by molar-refractivity contribution is 14.0. The molecular formula is C16H26F3IN6. The lowest BCUT2D eigenvalue weighted by Crippen LogP contribution is -2.44. The van der Waals surface area contributed by atoms with Crippen molar-refractivity contribution in [1.82, 2.24) is 20.5 Å². The van der Waals surface area contributed by atoms with Crippen molar-refractivity contribution in [1.29, 1.82) is 0 Å². The first kappa shape index (κ1) is 22.7. The predicted octanol–water partition coefficient (Wildman–Crippen LogP) is 2.07. The molecule has 1 aliphatic rings. The second-order valence-corrected chi connectivity index (χ2v) is 6.03. The molecule has 0 saturated carbocycles. The van der Waals surface area contributed by atoms with Crippen LogP contribution in [0.2, 0.25) is 0 Å². The highest BCUT2D eigenvalue weighted by Gasteiger charge is 2.26. The highest BCUT2D eigenvalue weighted by atomic mass is 127. The van der Waals surface area contributed by atoms with Crippen LogP contribution in [-0.2, 0) is 6.54 Å². The van der Waals surface area contributed by atoms with Crippen LogP contribution in [0.1, 0.15) is 12.0 Å². The number of likely N-dealkylation sites (N-methyl/N-ethyl adjacent to an activating group) is 1. The number of aromatic nitrogens is 1. The molecule has 0 bridgehead atoms. The number of hydrogen-bond acceptors (Lipinski definition) is 4. The monoisotopic (exact) mass is 486 g/mol. The fourth-order valence-corrected chi connectivity index (χ4v) is 2.51. The van der Waals surface area contributed by atoms with E-state index in [1.165, 1.54) is 7.05 Å². The van der Waals surface area contributed by atoms with Crippen LogP contribution in [-0.4, -0.2) is 68.8 Å². The van der Waals surface area contributed by atoms with Gasteiger partial charge in [0.1, 0.15) is 5.82 Å². The number of hydrogen-bond donors (Lipinski definition) is 2. The van der Waals surface area contributed by atoms with Crippen molar-refractivity contribution in [2.75, 3.05) is 51.7 Å². The molecule has 6 nitrogen and oxygen atoms in total. The molecule has 26 heavy (non-hydrogen) atoms. The standard InChI is InChI=1S/C16H25F3N6.HI/c1-20-15(22-6-4-16(17,18)19)23-12-13-3-5-21-14(11-13)25-9-7-24(2)8-10-25;/h3,5,11H,4,6-10,12H2,1-2H3,(H2,20,22,23);1H. The smallest absolute Gasteiger partial charge is 0.356 e. The first-order valence-electron chi connectivity index (χ1n) is 8.27. The molecule has 1 aliphatic heterocycles. The third-order valence-corrected chi connectivity index (χ3v) is 4.02. The van der Waals surface area contributed by atoms with Gasteiger partial charge in [0.15, 0.2) is 5.96 Å². The van der Waals surface area contributed by atoms with Gasteiger partial charge in [-0.1, -0.05) is 0 Å². The van der Waals surface area contributed by atoms with Crippen LogP contribution in [0.5, 0.6) is 0 Å². The minimum atomic E-state index is -4.17. The van der Waals surface area contributed by atoms with Crippen molar-refractivity contribution >= 4 is 35.8 Å². The van der Waals surface area contributed by atoms with E-state index in [0.717, 1.165) is 37.6 Å². The summed E-state index contributed by atoms with van der Waals surface area (Å²) in [5.74, 6) is 1.27. The van der Waals surface area contributed by atoms with Crippen molar-refractivity contribution < 1.29 is 13.2 Å². The molecule has 1 saturated heterocycles. The largest absolute Gasteiger partial charge is 0.390 e. The first-order chi connectivity index (χ1) is 11.9. The SMILES string of the molecule is CN=C(NCCC(F)(F)F)NCc1ccnc(N2CCN(C)CC2)c1.I. The van der Waals surface area contributed by atoms with Crippen molar-refractivity contribution in [3.63, 3.8) is 0 Å². The molecule has 1 fully saturated rings. The summed E-state index contributed by atoms with van der Waals surface area (Å²) in [4.78, 5) is 12.9. The number of alkyl halides is 3. The van der Waals surface area contributed by atoms with Crippen LogP contribution in [0.4, 0.5) is 19.0 Å². The van der Waals surface area contributed by atoms with Gasteiger partial charge in [0.25, 0.3) is 0 Å². The van der Waals surface area contributed by atoms with Crippen molar-refractivity contribution in [3.8, 4) is 0 Å². The molecule has 0 aromatic carbocycles. The average molecular weight is 486 g/mol. The molecule has 0 aliphatic carbocycles. The van der Waals surface area contributed by atoms with Gasteiger partial charge in [0, 0.05) is 52.5 Å².